The predicted molar refractivity (Wildman–Crippen MR) is 81.7 cm³/mol. The van der Waals surface area contributed by atoms with E-state index in [0.29, 0.717) is 6.04 Å². The van der Waals surface area contributed by atoms with Crippen LogP contribution >= 0.6 is 0 Å². The van der Waals surface area contributed by atoms with Crippen LogP contribution in [-0.4, -0.2) is 45.3 Å². The summed E-state index contributed by atoms with van der Waals surface area (Å²) in [6, 6.07) is 4.82. The third-order valence-electron chi connectivity index (χ3n) is 4.17. The molecular weight excluding hydrogens is 252 g/mol. The molecule has 1 aliphatic heterocycles. The van der Waals surface area contributed by atoms with Crippen molar-refractivity contribution < 1.29 is 9.47 Å². The first-order valence-corrected chi connectivity index (χ1v) is 7.31. The number of nitrogens with zero attached hydrogens (tertiary/aromatic N) is 1. The summed E-state index contributed by atoms with van der Waals surface area (Å²) in [7, 11) is 5.41. The molecule has 0 saturated heterocycles. The lowest BCUT2D eigenvalue weighted by Crippen LogP contribution is -2.34. The predicted octanol–water partition coefficient (Wildman–Crippen LogP) is 2.06. The van der Waals surface area contributed by atoms with Crippen molar-refractivity contribution >= 4 is 0 Å². The van der Waals surface area contributed by atoms with E-state index in [1.54, 1.807) is 14.2 Å². The second kappa shape index (κ2) is 6.95. The standard InChI is InChI=1S/C16H26N2O2/c1-12(17-2)5-7-18-8-6-13-9-15(19-3)16(20-4)10-14(13)11-18/h9-10,12,17H,5-8,11H2,1-4H3. The first-order chi connectivity index (χ1) is 9.67. The molecule has 1 heterocycles. The van der Waals surface area contributed by atoms with Crippen molar-refractivity contribution in [2.45, 2.75) is 32.4 Å². The Kier molecular flexibility index (Phi) is 5.26. The zero-order valence-corrected chi connectivity index (χ0v) is 13.0. The number of benzene rings is 1. The maximum Gasteiger partial charge on any atom is 0.161 e. The molecule has 1 aliphatic rings. The fourth-order valence-electron chi connectivity index (χ4n) is 2.65. The van der Waals surface area contributed by atoms with E-state index in [0.717, 1.165) is 37.6 Å². The lowest BCUT2D eigenvalue weighted by Gasteiger charge is -2.30. The molecule has 0 saturated carbocycles. The van der Waals surface area contributed by atoms with Crippen molar-refractivity contribution in [1.29, 1.82) is 0 Å². The molecule has 1 unspecified atom stereocenters. The van der Waals surface area contributed by atoms with Crippen molar-refractivity contribution in [1.82, 2.24) is 10.2 Å². The van der Waals surface area contributed by atoms with Crippen LogP contribution < -0.4 is 14.8 Å². The maximum atomic E-state index is 5.40. The van der Waals surface area contributed by atoms with E-state index in [4.69, 9.17) is 9.47 Å². The van der Waals surface area contributed by atoms with E-state index in [9.17, 15) is 0 Å². The Labute approximate surface area is 122 Å². The number of methoxy groups -OCH3 is 2. The number of ether oxygens (including phenoxy) is 2. The molecule has 0 aliphatic carbocycles. The number of rotatable bonds is 6. The average molecular weight is 278 g/mol. The largest absolute Gasteiger partial charge is 0.493 e. The molecule has 0 aromatic heterocycles. The lowest BCUT2D eigenvalue weighted by molar-refractivity contribution is 0.241. The van der Waals surface area contributed by atoms with Crippen molar-refractivity contribution in [3.63, 3.8) is 0 Å². The van der Waals surface area contributed by atoms with E-state index in [1.807, 2.05) is 7.05 Å². The topological polar surface area (TPSA) is 33.7 Å². The van der Waals surface area contributed by atoms with Gasteiger partial charge in [-0.05, 0) is 56.6 Å². The van der Waals surface area contributed by atoms with Gasteiger partial charge >= 0.3 is 0 Å². The summed E-state index contributed by atoms with van der Waals surface area (Å²) in [5, 5.41) is 3.29. The van der Waals surface area contributed by atoms with Crippen LogP contribution in [0.1, 0.15) is 24.5 Å². The van der Waals surface area contributed by atoms with Gasteiger partial charge in [0.1, 0.15) is 0 Å². The van der Waals surface area contributed by atoms with Crippen LogP contribution in [0, 0.1) is 0 Å². The van der Waals surface area contributed by atoms with Crippen LogP contribution in [0.2, 0.25) is 0 Å². The van der Waals surface area contributed by atoms with Gasteiger partial charge in [-0.3, -0.25) is 4.90 Å². The summed E-state index contributed by atoms with van der Waals surface area (Å²) in [5.74, 6) is 1.67. The highest BCUT2D eigenvalue weighted by atomic mass is 16.5. The Bertz CT molecular complexity index is 448. The third kappa shape index (κ3) is 3.44. The Morgan fingerprint density at radius 3 is 2.45 bits per heavy atom. The van der Waals surface area contributed by atoms with Gasteiger partial charge in [0, 0.05) is 19.1 Å². The van der Waals surface area contributed by atoms with Gasteiger partial charge in [-0.2, -0.15) is 0 Å². The average Bonchev–Trinajstić information content (AvgIpc) is 2.50. The minimum atomic E-state index is 0.571. The van der Waals surface area contributed by atoms with E-state index >= 15 is 0 Å². The van der Waals surface area contributed by atoms with Crippen LogP contribution in [0.4, 0.5) is 0 Å². The van der Waals surface area contributed by atoms with E-state index in [1.165, 1.54) is 17.5 Å². The van der Waals surface area contributed by atoms with Crippen molar-refractivity contribution in [3.8, 4) is 11.5 Å². The molecule has 0 radical (unpaired) electrons. The zero-order valence-electron chi connectivity index (χ0n) is 13.0. The molecule has 4 nitrogen and oxygen atoms in total. The van der Waals surface area contributed by atoms with E-state index in [-0.39, 0.29) is 0 Å². The van der Waals surface area contributed by atoms with E-state index < -0.39 is 0 Å². The van der Waals surface area contributed by atoms with Gasteiger partial charge in [0.15, 0.2) is 11.5 Å². The highest BCUT2D eigenvalue weighted by Gasteiger charge is 2.19. The molecule has 0 bridgehead atoms. The first kappa shape index (κ1) is 15.1. The summed E-state index contributed by atoms with van der Waals surface area (Å²) in [6.07, 6.45) is 2.27. The van der Waals surface area contributed by atoms with Crippen molar-refractivity contribution in [2.24, 2.45) is 0 Å². The fraction of sp³-hybridized carbons (Fsp3) is 0.625. The molecule has 112 valence electrons. The van der Waals surface area contributed by atoms with Gasteiger partial charge in [0.2, 0.25) is 0 Å². The van der Waals surface area contributed by atoms with Gasteiger partial charge in [-0.1, -0.05) is 0 Å². The fourth-order valence-corrected chi connectivity index (χ4v) is 2.65. The van der Waals surface area contributed by atoms with Crippen LogP contribution in [0.5, 0.6) is 11.5 Å². The summed E-state index contributed by atoms with van der Waals surface area (Å²) in [6.45, 7) is 5.49. The van der Waals surface area contributed by atoms with Crippen molar-refractivity contribution in [3.05, 3.63) is 23.3 Å². The molecule has 1 N–H and O–H groups in total. The molecule has 1 atom stereocenters. The summed E-state index contributed by atoms with van der Waals surface area (Å²) in [5.41, 5.74) is 2.76. The lowest BCUT2D eigenvalue weighted by atomic mass is 9.98. The third-order valence-corrected chi connectivity index (χ3v) is 4.17. The smallest absolute Gasteiger partial charge is 0.161 e. The van der Waals surface area contributed by atoms with Crippen LogP contribution in [0.15, 0.2) is 12.1 Å². The zero-order chi connectivity index (χ0) is 14.5. The number of hydrogen-bond donors (Lipinski definition) is 1. The monoisotopic (exact) mass is 278 g/mol. The Hall–Kier alpha value is -1.26. The first-order valence-electron chi connectivity index (χ1n) is 7.31. The van der Waals surface area contributed by atoms with Gasteiger partial charge in [-0.15, -0.1) is 0 Å². The van der Waals surface area contributed by atoms with Gasteiger partial charge in [0.05, 0.1) is 14.2 Å². The molecule has 4 heteroatoms. The SMILES string of the molecule is CNC(C)CCN1CCc2cc(OC)c(OC)cc2C1. The summed E-state index contributed by atoms with van der Waals surface area (Å²) >= 11 is 0. The molecule has 2 rings (SSSR count). The molecular formula is C16H26N2O2. The Morgan fingerprint density at radius 1 is 1.20 bits per heavy atom. The molecule has 1 aromatic rings. The molecule has 0 fully saturated rings. The van der Waals surface area contributed by atoms with Crippen LogP contribution in [0.3, 0.4) is 0 Å². The minimum Gasteiger partial charge on any atom is -0.493 e. The van der Waals surface area contributed by atoms with Gasteiger partial charge in [-0.25, -0.2) is 0 Å². The highest BCUT2D eigenvalue weighted by Crippen LogP contribution is 2.33. The molecule has 20 heavy (non-hydrogen) atoms. The highest BCUT2D eigenvalue weighted by molar-refractivity contribution is 5.48. The van der Waals surface area contributed by atoms with Gasteiger partial charge in [0.25, 0.3) is 0 Å². The maximum absolute atomic E-state index is 5.40. The molecule has 0 spiro atoms. The summed E-state index contributed by atoms with van der Waals surface area (Å²) < 4.78 is 10.8. The Morgan fingerprint density at radius 2 is 1.85 bits per heavy atom. The number of hydrogen-bond acceptors (Lipinski definition) is 4. The second-order valence-electron chi connectivity index (χ2n) is 5.48. The molecule has 0 amide bonds. The van der Waals surface area contributed by atoms with E-state index in [2.05, 4.69) is 29.3 Å². The Balaban J connectivity index is 2.05. The van der Waals surface area contributed by atoms with Crippen LogP contribution in [-0.2, 0) is 13.0 Å². The quantitative estimate of drug-likeness (QED) is 0.863. The number of nitrogens with one attached hydrogen (secondary N) is 1. The van der Waals surface area contributed by atoms with Crippen LogP contribution in [0.25, 0.3) is 0 Å². The normalized spacial score (nSPS) is 16.6. The summed E-state index contributed by atoms with van der Waals surface area (Å²) in [4.78, 5) is 2.52. The minimum absolute atomic E-state index is 0.571. The number of fused-ring (bicyclic) bond motifs is 1. The second-order valence-corrected chi connectivity index (χ2v) is 5.48. The molecule has 1 aromatic carbocycles. The van der Waals surface area contributed by atoms with Crippen molar-refractivity contribution in [2.75, 3.05) is 34.4 Å². The van der Waals surface area contributed by atoms with Gasteiger partial charge < -0.3 is 14.8 Å².